The predicted molar refractivity (Wildman–Crippen MR) is 154 cm³/mol. The van der Waals surface area contributed by atoms with Crippen LogP contribution in [-0.4, -0.2) is 71.9 Å². The summed E-state index contributed by atoms with van der Waals surface area (Å²) in [4.78, 5) is 45.5. The largest absolute Gasteiger partial charge is 0.417 e. The van der Waals surface area contributed by atoms with Crippen molar-refractivity contribution in [2.45, 2.75) is 59.3 Å². The number of H-pyrrole nitrogens is 1. The van der Waals surface area contributed by atoms with Crippen molar-refractivity contribution in [2.75, 3.05) is 43.4 Å². The molecule has 1 fully saturated rings. The maximum Gasteiger partial charge on any atom is 0.417 e. The van der Waals surface area contributed by atoms with Gasteiger partial charge in [0.15, 0.2) is 0 Å². The minimum atomic E-state index is -4.94. The molecule has 1 saturated heterocycles. The molecule has 1 aromatic carbocycles. The third-order valence-electron chi connectivity index (χ3n) is 7.99. The molecule has 0 radical (unpaired) electrons. The topological polar surface area (TPSA) is 88.7 Å². The standard InChI is InChI=1S/C30H37F4N5O3/c1-17-15-39(16-18(2)37(17)6)25-13-23(31)20(19-7-9-38(10-8-19)28(42)29(3,4)5)11-24(25)36-27(41)21-14-35-26(40)12-22(21)30(32,33)34/h7,11-14,17-18H,8-10,15-16H2,1-6H3,(H,35,40)(H,36,41)/t17-,18+. The van der Waals surface area contributed by atoms with E-state index in [1.165, 1.54) is 12.1 Å². The zero-order chi connectivity index (χ0) is 31.1. The van der Waals surface area contributed by atoms with Crippen LogP contribution in [0.2, 0.25) is 0 Å². The molecule has 228 valence electrons. The molecule has 2 atom stereocenters. The number of pyridine rings is 1. The molecule has 2 amide bonds. The summed E-state index contributed by atoms with van der Waals surface area (Å²) in [5, 5.41) is 2.58. The second-order valence-electron chi connectivity index (χ2n) is 12.2. The molecule has 2 N–H and O–H groups in total. The molecule has 0 aliphatic carbocycles. The van der Waals surface area contributed by atoms with Gasteiger partial charge in [0.2, 0.25) is 11.5 Å². The van der Waals surface area contributed by atoms with E-state index in [2.05, 4.69) is 15.2 Å². The van der Waals surface area contributed by atoms with Gasteiger partial charge in [-0.2, -0.15) is 13.2 Å². The summed E-state index contributed by atoms with van der Waals surface area (Å²) < 4.78 is 56.9. The average molecular weight is 592 g/mol. The number of nitrogens with zero attached hydrogens (tertiary/aromatic N) is 3. The Morgan fingerprint density at radius 2 is 1.69 bits per heavy atom. The van der Waals surface area contributed by atoms with Crippen LogP contribution in [0.25, 0.3) is 5.57 Å². The molecule has 0 unspecified atom stereocenters. The Labute approximate surface area is 242 Å². The highest BCUT2D eigenvalue weighted by atomic mass is 19.4. The van der Waals surface area contributed by atoms with Crippen LogP contribution >= 0.6 is 0 Å². The Balaban J connectivity index is 1.75. The van der Waals surface area contributed by atoms with Gasteiger partial charge >= 0.3 is 6.18 Å². The molecule has 0 saturated carbocycles. The number of carbonyl (C=O) groups is 2. The molecule has 12 heteroatoms. The van der Waals surface area contributed by atoms with Gasteiger partial charge < -0.3 is 20.1 Å². The zero-order valence-corrected chi connectivity index (χ0v) is 24.7. The van der Waals surface area contributed by atoms with Crippen molar-refractivity contribution in [3.63, 3.8) is 0 Å². The Kier molecular flexibility index (Phi) is 8.59. The summed E-state index contributed by atoms with van der Waals surface area (Å²) in [5.41, 5.74) is -2.36. The van der Waals surface area contributed by atoms with Crippen LogP contribution in [-0.2, 0) is 11.0 Å². The lowest BCUT2D eigenvalue weighted by atomic mass is 9.92. The highest BCUT2D eigenvalue weighted by Crippen LogP contribution is 2.37. The Bertz CT molecular complexity index is 1450. The summed E-state index contributed by atoms with van der Waals surface area (Å²) in [6, 6.07) is 3.27. The molecule has 8 nitrogen and oxygen atoms in total. The Morgan fingerprint density at radius 1 is 1.05 bits per heavy atom. The van der Waals surface area contributed by atoms with Gasteiger partial charge in [0.1, 0.15) is 5.82 Å². The van der Waals surface area contributed by atoms with Gasteiger partial charge in [0, 0.05) is 61.5 Å². The fourth-order valence-corrected chi connectivity index (χ4v) is 5.43. The smallest absolute Gasteiger partial charge is 0.367 e. The van der Waals surface area contributed by atoms with Crippen LogP contribution < -0.4 is 15.8 Å². The fourth-order valence-electron chi connectivity index (χ4n) is 5.43. The molecular weight excluding hydrogens is 554 g/mol. The SMILES string of the molecule is C[C@@H]1CN(c2cc(F)c(C3=CCN(C(=O)C(C)(C)C)CC3)cc2NC(=O)c2c[nH]c(=O)cc2C(F)(F)F)C[C@H](C)N1C. The van der Waals surface area contributed by atoms with Crippen LogP contribution in [0.4, 0.5) is 28.9 Å². The van der Waals surface area contributed by atoms with E-state index in [4.69, 9.17) is 0 Å². The third kappa shape index (κ3) is 6.53. The summed E-state index contributed by atoms with van der Waals surface area (Å²) in [6.45, 7) is 11.2. The summed E-state index contributed by atoms with van der Waals surface area (Å²) >= 11 is 0. The molecule has 3 heterocycles. The molecule has 0 bridgehead atoms. The van der Waals surface area contributed by atoms with Crippen molar-refractivity contribution >= 4 is 28.8 Å². The first kappa shape index (κ1) is 31.3. The Hall–Kier alpha value is -3.67. The molecule has 2 aliphatic rings. The van der Waals surface area contributed by atoms with E-state index in [9.17, 15) is 27.6 Å². The second-order valence-corrected chi connectivity index (χ2v) is 12.2. The number of anilines is 2. The lowest BCUT2D eigenvalue weighted by Gasteiger charge is -2.44. The number of amides is 2. The number of aromatic amines is 1. The van der Waals surface area contributed by atoms with Crippen LogP contribution in [0.5, 0.6) is 0 Å². The lowest BCUT2D eigenvalue weighted by molar-refractivity contribution is -0.139. The number of alkyl halides is 3. The maximum absolute atomic E-state index is 15.8. The van der Waals surface area contributed by atoms with Gasteiger partial charge in [-0.1, -0.05) is 26.8 Å². The van der Waals surface area contributed by atoms with Gasteiger partial charge in [0.05, 0.1) is 22.5 Å². The predicted octanol–water partition coefficient (Wildman–Crippen LogP) is 4.98. The van der Waals surface area contributed by atoms with Crippen molar-refractivity contribution in [1.82, 2.24) is 14.8 Å². The number of likely N-dealkylation sites (N-methyl/N-ethyl adjacent to an activating group) is 1. The average Bonchev–Trinajstić information content (AvgIpc) is 2.90. The van der Waals surface area contributed by atoms with E-state index in [0.717, 1.165) is 6.20 Å². The minimum absolute atomic E-state index is 0.0266. The number of benzene rings is 1. The molecule has 0 spiro atoms. The van der Waals surface area contributed by atoms with E-state index in [-0.39, 0.29) is 35.8 Å². The van der Waals surface area contributed by atoms with Crippen molar-refractivity contribution in [2.24, 2.45) is 5.41 Å². The number of rotatable bonds is 4. The van der Waals surface area contributed by atoms with E-state index in [1.54, 1.807) is 11.0 Å². The molecule has 42 heavy (non-hydrogen) atoms. The van der Waals surface area contributed by atoms with Gasteiger partial charge in [-0.15, -0.1) is 0 Å². The van der Waals surface area contributed by atoms with E-state index in [1.807, 2.05) is 46.6 Å². The van der Waals surface area contributed by atoms with Crippen LogP contribution in [0.3, 0.4) is 0 Å². The van der Waals surface area contributed by atoms with E-state index in [0.29, 0.717) is 43.4 Å². The van der Waals surface area contributed by atoms with Crippen LogP contribution in [0.15, 0.2) is 35.3 Å². The first-order chi connectivity index (χ1) is 19.5. The second kappa shape index (κ2) is 11.5. The van der Waals surface area contributed by atoms with Gasteiger partial charge in [-0.3, -0.25) is 19.3 Å². The normalized spacial score (nSPS) is 20.4. The monoisotopic (exact) mass is 591 g/mol. The number of aromatic nitrogens is 1. The number of halogens is 4. The van der Waals surface area contributed by atoms with E-state index < -0.39 is 40.0 Å². The third-order valence-corrected chi connectivity index (χ3v) is 7.99. The number of piperazine rings is 1. The quantitative estimate of drug-likeness (QED) is 0.490. The van der Waals surface area contributed by atoms with Gasteiger partial charge in [-0.05, 0) is 45.0 Å². The zero-order valence-electron chi connectivity index (χ0n) is 24.7. The van der Waals surface area contributed by atoms with Crippen molar-refractivity contribution < 1.29 is 27.2 Å². The first-order valence-corrected chi connectivity index (χ1v) is 13.9. The number of hydrogen-bond donors (Lipinski definition) is 2. The van der Waals surface area contributed by atoms with Crippen molar-refractivity contribution in [3.8, 4) is 0 Å². The molecular formula is C30H37F4N5O3. The lowest BCUT2D eigenvalue weighted by Crippen LogP contribution is -2.55. The summed E-state index contributed by atoms with van der Waals surface area (Å²) in [7, 11) is 1.98. The fraction of sp³-hybridized carbons (Fsp3) is 0.500. The Morgan fingerprint density at radius 3 is 2.24 bits per heavy atom. The van der Waals surface area contributed by atoms with E-state index >= 15 is 4.39 Å². The van der Waals surface area contributed by atoms with Gasteiger partial charge in [-0.25, -0.2) is 4.39 Å². The first-order valence-electron chi connectivity index (χ1n) is 13.9. The minimum Gasteiger partial charge on any atom is -0.367 e. The highest BCUT2D eigenvalue weighted by molar-refractivity contribution is 6.07. The summed E-state index contributed by atoms with van der Waals surface area (Å²) in [5.74, 6) is -1.66. The maximum atomic E-state index is 15.8. The van der Waals surface area contributed by atoms with Crippen LogP contribution in [0.1, 0.15) is 62.5 Å². The van der Waals surface area contributed by atoms with Crippen LogP contribution in [0, 0.1) is 11.2 Å². The molecule has 1 aromatic heterocycles. The molecule has 2 aromatic rings. The molecule has 4 rings (SSSR count). The number of hydrogen-bond acceptors (Lipinski definition) is 5. The highest BCUT2D eigenvalue weighted by Gasteiger charge is 2.37. The number of nitrogens with one attached hydrogen (secondary N) is 2. The van der Waals surface area contributed by atoms with Crippen molar-refractivity contribution in [1.29, 1.82) is 0 Å². The van der Waals surface area contributed by atoms with Crippen molar-refractivity contribution in [3.05, 3.63) is 63.3 Å². The number of carbonyl (C=O) groups excluding carboxylic acids is 2. The van der Waals surface area contributed by atoms with Gasteiger partial charge in [0.25, 0.3) is 5.91 Å². The summed E-state index contributed by atoms with van der Waals surface area (Å²) in [6.07, 6.45) is -2.08. The molecule has 2 aliphatic heterocycles.